The van der Waals surface area contributed by atoms with Crippen molar-refractivity contribution in [3.63, 3.8) is 0 Å². The molecule has 1 amide bonds. The van der Waals surface area contributed by atoms with Crippen LogP contribution in [0.1, 0.15) is 44.6 Å². The molecular formula is C23H25N5O2S. The zero-order valence-electron chi connectivity index (χ0n) is 17.4. The lowest BCUT2D eigenvalue weighted by Gasteiger charge is -2.16. The molecule has 2 aromatic heterocycles. The summed E-state index contributed by atoms with van der Waals surface area (Å²) in [6.45, 7) is 4.86. The van der Waals surface area contributed by atoms with Crippen LogP contribution in [0.15, 0.2) is 41.3 Å². The van der Waals surface area contributed by atoms with Gasteiger partial charge in [0.25, 0.3) is 5.56 Å². The molecule has 4 heterocycles. The highest BCUT2D eigenvalue weighted by Crippen LogP contribution is 2.27. The van der Waals surface area contributed by atoms with E-state index in [0.717, 1.165) is 34.8 Å². The molecule has 0 bridgehead atoms. The van der Waals surface area contributed by atoms with E-state index in [1.165, 1.54) is 10.4 Å². The number of nitrogens with one attached hydrogen (secondary N) is 3. The van der Waals surface area contributed by atoms with Crippen LogP contribution in [0.4, 0.5) is 5.82 Å². The fourth-order valence-corrected chi connectivity index (χ4v) is 5.41. The first kappa shape index (κ1) is 20.0. The van der Waals surface area contributed by atoms with Crippen LogP contribution in [0.2, 0.25) is 0 Å². The summed E-state index contributed by atoms with van der Waals surface area (Å²) < 4.78 is 1.61. The largest absolute Gasteiger partial charge is 0.361 e. The van der Waals surface area contributed by atoms with Crippen molar-refractivity contribution < 1.29 is 4.79 Å². The Bertz CT molecular complexity index is 1180. The van der Waals surface area contributed by atoms with Gasteiger partial charge in [-0.05, 0) is 42.5 Å². The van der Waals surface area contributed by atoms with E-state index in [-0.39, 0.29) is 17.3 Å². The van der Waals surface area contributed by atoms with Gasteiger partial charge < -0.3 is 16.0 Å². The van der Waals surface area contributed by atoms with E-state index < -0.39 is 6.04 Å². The minimum atomic E-state index is -0.488. The van der Waals surface area contributed by atoms with Gasteiger partial charge in [-0.3, -0.25) is 14.2 Å². The summed E-state index contributed by atoms with van der Waals surface area (Å²) in [6.07, 6.45) is 3.01. The number of carbonyl (C=O) groups excluding carboxylic acids is 1. The Labute approximate surface area is 184 Å². The third kappa shape index (κ3) is 3.88. The summed E-state index contributed by atoms with van der Waals surface area (Å²) in [6, 6.07) is 9.71. The molecule has 7 nitrogen and oxygen atoms in total. The third-order valence-electron chi connectivity index (χ3n) is 6.05. The van der Waals surface area contributed by atoms with Crippen LogP contribution in [0.25, 0.3) is 0 Å². The maximum atomic E-state index is 13.1. The maximum absolute atomic E-state index is 13.1. The number of anilines is 1. The lowest BCUT2D eigenvalue weighted by molar-refractivity contribution is -0.124. The Morgan fingerprint density at radius 3 is 3.00 bits per heavy atom. The van der Waals surface area contributed by atoms with Crippen LogP contribution in [-0.4, -0.2) is 15.5 Å². The molecule has 0 saturated heterocycles. The molecule has 2 aliphatic rings. The van der Waals surface area contributed by atoms with Crippen LogP contribution < -0.4 is 21.5 Å². The number of amides is 1. The van der Waals surface area contributed by atoms with Crippen molar-refractivity contribution in [1.82, 2.24) is 20.2 Å². The Morgan fingerprint density at radius 1 is 1.29 bits per heavy atom. The molecule has 31 heavy (non-hydrogen) atoms. The monoisotopic (exact) mass is 435 g/mol. The van der Waals surface area contributed by atoms with Gasteiger partial charge in [0.05, 0.1) is 6.54 Å². The van der Waals surface area contributed by atoms with Crippen LogP contribution in [0.5, 0.6) is 0 Å². The highest BCUT2D eigenvalue weighted by Gasteiger charge is 2.30. The number of hydrogen-bond donors (Lipinski definition) is 3. The Kier molecular flexibility index (Phi) is 5.33. The second kappa shape index (κ2) is 8.28. The van der Waals surface area contributed by atoms with E-state index in [1.54, 1.807) is 22.1 Å². The van der Waals surface area contributed by atoms with Crippen molar-refractivity contribution in [1.29, 1.82) is 0 Å². The minimum absolute atomic E-state index is 0.108. The predicted molar refractivity (Wildman–Crippen MR) is 121 cm³/mol. The van der Waals surface area contributed by atoms with Crippen molar-refractivity contribution >= 4 is 23.1 Å². The van der Waals surface area contributed by atoms with E-state index in [9.17, 15) is 9.59 Å². The second-order valence-corrected chi connectivity index (χ2v) is 9.31. The quantitative estimate of drug-likeness (QED) is 0.554. The normalized spacial score (nSPS) is 16.7. The molecule has 0 aliphatic carbocycles. The molecule has 2 aliphatic heterocycles. The number of nitrogens with zero attached hydrogens (tertiary/aromatic N) is 2. The molecule has 3 N–H and O–H groups in total. The lowest BCUT2D eigenvalue weighted by atomic mass is 10.1. The highest BCUT2D eigenvalue weighted by molar-refractivity contribution is 7.12. The fourth-order valence-electron chi connectivity index (χ4n) is 4.32. The highest BCUT2D eigenvalue weighted by atomic mass is 32.1. The van der Waals surface area contributed by atoms with E-state index in [0.29, 0.717) is 25.9 Å². The number of benzene rings is 1. The maximum Gasteiger partial charge on any atom is 0.294 e. The molecule has 0 fully saturated rings. The van der Waals surface area contributed by atoms with Crippen molar-refractivity contribution in [3.05, 3.63) is 79.0 Å². The van der Waals surface area contributed by atoms with Gasteiger partial charge in [0.1, 0.15) is 6.04 Å². The molecule has 8 heteroatoms. The van der Waals surface area contributed by atoms with E-state index in [4.69, 9.17) is 0 Å². The van der Waals surface area contributed by atoms with Crippen molar-refractivity contribution in [3.8, 4) is 0 Å². The zero-order chi connectivity index (χ0) is 21.4. The fraction of sp³-hybridized carbons (Fsp3) is 0.348. The van der Waals surface area contributed by atoms with Crippen molar-refractivity contribution in [2.24, 2.45) is 0 Å². The zero-order valence-corrected chi connectivity index (χ0v) is 18.2. The molecular weight excluding hydrogens is 410 g/mol. The smallest absolute Gasteiger partial charge is 0.294 e. The summed E-state index contributed by atoms with van der Waals surface area (Å²) >= 11 is 1.74. The number of rotatable bonds is 6. The topological polar surface area (TPSA) is 88.0 Å². The van der Waals surface area contributed by atoms with E-state index in [1.807, 2.05) is 31.2 Å². The molecule has 3 aromatic rings. The van der Waals surface area contributed by atoms with Gasteiger partial charge in [-0.2, -0.15) is 0 Å². The Hall–Kier alpha value is -2.97. The van der Waals surface area contributed by atoms with Gasteiger partial charge in [-0.1, -0.05) is 24.3 Å². The molecule has 160 valence electrons. The predicted octanol–water partition coefficient (Wildman–Crippen LogP) is 2.63. The third-order valence-corrected chi connectivity index (χ3v) is 7.23. The average molecular weight is 436 g/mol. The molecule has 0 spiro atoms. The summed E-state index contributed by atoms with van der Waals surface area (Å²) in [4.78, 5) is 32.9. The van der Waals surface area contributed by atoms with Crippen LogP contribution in [-0.2, 0) is 37.4 Å². The first-order valence-electron chi connectivity index (χ1n) is 10.6. The van der Waals surface area contributed by atoms with Gasteiger partial charge >= 0.3 is 0 Å². The molecule has 0 saturated carbocycles. The van der Waals surface area contributed by atoms with Crippen molar-refractivity contribution in [2.75, 3.05) is 5.32 Å². The standard InChI is InChI=1S/C23H25N5O2S/c1-14-4-2-3-5-15(14)10-25-21-23(30)28-17(11-26-21)6-7-19(28)22(29)27-12-18-8-16-9-24-13-20(16)31-18/h2-5,8,11,19,24H,6-7,9-10,12-13H2,1H3,(H,25,26)(H,27,29)/t19-/m0/s1. The first-order valence-corrected chi connectivity index (χ1v) is 11.4. The summed E-state index contributed by atoms with van der Waals surface area (Å²) in [5.74, 6) is 0.178. The van der Waals surface area contributed by atoms with Crippen LogP contribution in [0, 0.1) is 6.92 Å². The first-order chi connectivity index (χ1) is 15.1. The lowest BCUT2D eigenvalue weighted by Crippen LogP contribution is -2.36. The second-order valence-electron chi connectivity index (χ2n) is 8.09. The SMILES string of the molecule is Cc1ccccc1CNc1ncc2n(c1=O)[C@H](C(=O)NCc1cc3c(s1)CNC3)CC2. The number of aromatic nitrogens is 2. The molecule has 1 atom stereocenters. The van der Waals surface area contributed by atoms with Gasteiger partial charge in [0.2, 0.25) is 5.91 Å². The molecule has 1 aromatic carbocycles. The Morgan fingerprint density at radius 2 is 2.16 bits per heavy atom. The summed E-state index contributed by atoms with van der Waals surface area (Å²) in [7, 11) is 0. The summed E-state index contributed by atoms with van der Waals surface area (Å²) in [5, 5.41) is 9.52. The molecule has 5 rings (SSSR count). The minimum Gasteiger partial charge on any atom is -0.361 e. The van der Waals surface area contributed by atoms with Crippen molar-refractivity contribution in [2.45, 2.75) is 52.0 Å². The average Bonchev–Trinajstić information content (AvgIpc) is 3.47. The number of thiophene rings is 1. The van der Waals surface area contributed by atoms with Crippen LogP contribution in [0.3, 0.4) is 0 Å². The Balaban J connectivity index is 1.29. The van der Waals surface area contributed by atoms with E-state index >= 15 is 0 Å². The summed E-state index contributed by atoms with van der Waals surface area (Å²) in [5.41, 5.74) is 4.18. The van der Waals surface area contributed by atoms with E-state index in [2.05, 4.69) is 27.0 Å². The van der Waals surface area contributed by atoms with Crippen LogP contribution >= 0.6 is 11.3 Å². The van der Waals surface area contributed by atoms with Gasteiger partial charge in [0.15, 0.2) is 5.82 Å². The number of carbonyl (C=O) groups is 1. The van der Waals surface area contributed by atoms with Gasteiger partial charge in [-0.15, -0.1) is 11.3 Å². The number of aryl methyl sites for hydroxylation is 2. The molecule has 0 unspecified atom stereocenters. The van der Waals surface area contributed by atoms with Gasteiger partial charge in [0, 0.05) is 41.3 Å². The number of hydrogen-bond acceptors (Lipinski definition) is 6. The molecule has 0 radical (unpaired) electrons. The van der Waals surface area contributed by atoms with Gasteiger partial charge in [-0.25, -0.2) is 4.98 Å². The number of fused-ring (bicyclic) bond motifs is 2.